The molecule has 0 fully saturated rings. The molecule has 0 aliphatic heterocycles. The van der Waals surface area contributed by atoms with Gasteiger partial charge in [-0.05, 0) is 30.7 Å². The highest BCUT2D eigenvalue weighted by atomic mass is 35.5. The van der Waals surface area contributed by atoms with E-state index in [4.69, 9.17) is 10.5 Å². The summed E-state index contributed by atoms with van der Waals surface area (Å²) in [6, 6.07) is 7.75. The van der Waals surface area contributed by atoms with Crippen molar-refractivity contribution >= 4 is 18.3 Å². The van der Waals surface area contributed by atoms with Gasteiger partial charge in [-0.3, -0.25) is 9.48 Å². The highest BCUT2D eigenvalue weighted by Crippen LogP contribution is 2.12. The van der Waals surface area contributed by atoms with Gasteiger partial charge in [-0.2, -0.15) is 5.10 Å². The molecule has 0 saturated heterocycles. The Morgan fingerprint density at radius 3 is 2.73 bits per heavy atom. The molecule has 22 heavy (non-hydrogen) atoms. The number of hydrogen-bond acceptors (Lipinski definition) is 4. The first kappa shape index (κ1) is 18.0. The monoisotopic (exact) mass is 324 g/mol. The van der Waals surface area contributed by atoms with E-state index in [1.165, 1.54) is 0 Å². The summed E-state index contributed by atoms with van der Waals surface area (Å²) in [4.78, 5) is 11.8. The Morgan fingerprint density at radius 1 is 1.36 bits per heavy atom. The normalized spacial score (nSPS) is 9.91. The molecule has 1 amide bonds. The van der Waals surface area contributed by atoms with Crippen LogP contribution in [0.1, 0.15) is 22.3 Å². The van der Waals surface area contributed by atoms with E-state index in [1.807, 2.05) is 24.3 Å². The third kappa shape index (κ3) is 5.05. The van der Waals surface area contributed by atoms with Crippen LogP contribution < -0.4 is 15.8 Å². The first-order valence-electron chi connectivity index (χ1n) is 6.86. The number of nitrogens with one attached hydrogen (secondary N) is 1. The van der Waals surface area contributed by atoms with Crippen molar-refractivity contribution in [1.29, 1.82) is 0 Å². The molecule has 2 aromatic rings. The van der Waals surface area contributed by atoms with Crippen LogP contribution in [0, 0.1) is 0 Å². The van der Waals surface area contributed by atoms with Gasteiger partial charge in [0.15, 0.2) is 0 Å². The van der Waals surface area contributed by atoms with Gasteiger partial charge in [0, 0.05) is 12.7 Å². The number of nitrogens with two attached hydrogens (primary N) is 1. The Bertz CT molecular complexity index is 583. The minimum absolute atomic E-state index is 0. The summed E-state index contributed by atoms with van der Waals surface area (Å²) >= 11 is 0. The summed E-state index contributed by atoms with van der Waals surface area (Å²) in [5, 5.41) is 7.01. The lowest BCUT2D eigenvalue weighted by atomic mass is 10.2. The number of halogens is 1. The maximum absolute atomic E-state index is 11.8. The van der Waals surface area contributed by atoms with E-state index < -0.39 is 0 Å². The average molecular weight is 325 g/mol. The number of carbonyl (C=O) groups is 1. The van der Waals surface area contributed by atoms with Crippen LogP contribution in [-0.4, -0.2) is 35.9 Å². The number of benzene rings is 1. The fourth-order valence-corrected chi connectivity index (χ4v) is 1.89. The lowest BCUT2D eigenvalue weighted by Gasteiger charge is -2.04. The van der Waals surface area contributed by atoms with Crippen molar-refractivity contribution in [1.82, 2.24) is 15.1 Å². The first-order chi connectivity index (χ1) is 10.2. The molecule has 0 aliphatic carbocycles. The highest BCUT2D eigenvalue weighted by Gasteiger charge is 2.08. The van der Waals surface area contributed by atoms with Crippen molar-refractivity contribution in [3.63, 3.8) is 0 Å². The molecule has 3 N–H and O–H groups in total. The molecule has 0 radical (unpaired) electrons. The summed E-state index contributed by atoms with van der Waals surface area (Å²) in [7, 11) is 1.64. The number of rotatable bonds is 7. The molecule has 0 aliphatic rings. The summed E-state index contributed by atoms with van der Waals surface area (Å²) in [6.45, 7) is 1.76. The number of nitrogens with zero attached hydrogens (tertiary/aromatic N) is 2. The fraction of sp³-hybridized carbons (Fsp3) is 0.333. The summed E-state index contributed by atoms with van der Waals surface area (Å²) < 4.78 is 6.85. The Balaban J connectivity index is 0.00000242. The molecule has 0 spiro atoms. The number of amides is 1. The molecule has 6 nitrogen and oxygen atoms in total. The second-order valence-corrected chi connectivity index (χ2v) is 4.67. The average Bonchev–Trinajstić information content (AvgIpc) is 2.97. The first-order valence-corrected chi connectivity index (χ1v) is 6.86. The predicted molar refractivity (Wildman–Crippen MR) is 87.6 cm³/mol. The lowest BCUT2D eigenvalue weighted by molar-refractivity contribution is 0.0953. The molecule has 120 valence electrons. The predicted octanol–water partition coefficient (Wildman–Crippen LogP) is 1.44. The van der Waals surface area contributed by atoms with Crippen LogP contribution in [0.5, 0.6) is 5.75 Å². The molecule has 1 heterocycles. The number of aromatic nitrogens is 2. The minimum atomic E-state index is -0.121. The third-order valence-corrected chi connectivity index (χ3v) is 3.07. The summed E-state index contributed by atoms with van der Waals surface area (Å²) in [5.74, 6) is 0.698. The SMILES string of the molecule is COc1ccc(Cn2cc(C(=O)NCCCN)cn2)cc1.Cl. The van der Waals surface area contributed by atoms with E-state index in [1.54, 1.807) is 24.2 Å². The molecule has 1 aromatic carbocycles. The Hall–Kier alpha value is -2.05. The van der Waals surface area contributed by atoms with Crippen LogP contribution in [0.15, 0.2) is 36.7 Å². The van der Waals surface area contributed by atoms with E-state index in [2.05, 4.69) is 10.4 Å². The second kappa shape index (κ2) is 9.07. The van der Waals surface area contributed by atoms with E-state index in [0.717, 1.165) is 17.7 Å². The van der Waals surface area contributed by atoms with Crippen LogP contribution in [0.3, 0.4) is 0 Å². The smallest absolute Gasteiger partial charge is 0.254 e. The standard InChI is InChI=1S/C15H20N4O2.ClH/c1-21-14-5-3-12(4-6-14)10-19-11-13(9-18-19)15(20)17-8-2-7-16;/h3-6,9,11H,2,7-8,10,16H2,1H3,(H,17,20);1H. The third-order valence-electron chi connectivity index (χ3n) is 3.07. The topological polar surface area (TPSA) is 82.2 Å². The van der Waals surface area contributed by atoms with Gasteiger partial charge in [-0.15, -0.1) is 12.4 Å². The number of methoxy groups -OCH3 is 1. The van der Waals surface area contributed by atoms with Gasteiger partial charge in [0.25, 0.3) is 5.91 Å². The van der Waals surface area contributed by atoms with Crippen LogP contribution in [0.25, 0.3) is 0 Å². The van der Waals surface area contributed by atoms with Gasteiger partial charge in [0.1, 0.15) is 5.75 Å². The number of carbonyl (C=O) groups excluding carboxylic acids is 1. The van der Waals surface area contributed by atoms with Gasteiger partial charge in [-0.1, -0.05) is 12.1 Å². The van der Waals surface area contributed by atoms with Crippen LogP contribution in [0.2, 0.25) is 0 Å². The summed E-state index contributed by atoms with van der Waals surface area (Å²) in [6.07, 6.45) is 4.08. The van der Waals surface area contributed by atoms with Crippen molar-refractivity contribution < 1.29 is 9.53 Å². The molecule has 2 rings (SSSR count). The Morgan fingerprint density at radius 2 is 2.09 bits per heavy atom. The number of ether oxygens (including phenoxy) is 1. The van der Waals surface area contributed by atoms with Gasteiger partial charge in [-0.25, -0.2) is 0 Å². The Labute approximate surface area is 136 Å². The van der Waals surface area contributed by atoms with Crippen molar-refractivity contribution in [3.05, 3.63) is 47.8 Å². The lowest BCUT2D eigenvalue weighted by Crippen LogP contribution is -2.25. The zero-order valence-corrected chi connectivity index (χ0v) is 13.3. The molecule has 0 atom stereocenters. The van der Waals surface area contributed by atoms with E-state index >= 15 is 0 Å². The molecule has 0 unspecified atom stereocenters. The molecule has 0 bridgehead atoms. The highest BCUT2D eigenvalue weighted by molar-refractivity contribution is 5.93. The van der Waals surface area contributed by atoms with Crippen molar-refractivity contribution in [2.45, 2.75) is 13.0 Å². The molecule has 7 heteroatoms. The zero-order valence-electron chi connectivity index (χ0n) is 12.5. The van der Waals surface area contributed by atoms with Crippen LogP contribution in [0.4, 0.5) is 0 Å². The molecular weight excluding hydrogens is 304 g/mol. The van der Waals surface area contributed by atoms with E-state index in [9.17, 15) is 4.79 Å². The van der Waals surface area contributed by atoms with E-state index in [-0.39, 0.29) is 18.3 Å². The minimum Gasteiger partial charge on any atom is -0.497 e. The fourth-order valence-electron chi connectivity index (χ4n) is 1.89. The van der Waals surface area contributed by atoms with Crippen LogP contribution >= 0.6 is 12.4 Å². The molecular formula is C15H21ClN4O2. The summed E-state index contributed by atoms with van der Waals surface area (Å²) in [5.41, 5.74) is 7.04. The molecule has 1 aromatic heterocycles. The zero-order chi connectivity index (χ0) is 15.1. The van der Waals surface area contributed by atoms with Crippen molar-refractivity contribution in [2.75, 3.05) is 20.2 Å². The van der Waals surface area contributed by atoms with Crippen molar-refractivity contribution in [2.24, 2.45) is 5.73 Å². The maximum atomic E-state index is 11.8. The molecule has 0 saturated carbocycles. The van der Waals surface area contributed by atoms with Gasteiger partial charge >= 0.3 is 0 Å². The Kier molecular flexibility index (Phi) is 7.42. The van der Waals surface area contributed by atoms with Gasteiger partial charge in [0.2, 0.25) is 0 Å². The number of hydrogen-bond donors (Lipinski definition) is 2. The van der Waals surface area contributed by atoms with Gasteiger partial charge in [0.05, 0.1) is 25.4 Å². The largest absolute Gasteiger partial charge is 0.497 e. The quantitative estimate of drug-likeness (QED) is 0.755. The van der Waals surface area contributed by atoms with Crippen LogP contribution in [-0.2, 0) is 6.54 Å². The van der Waals surface area contributed by atoms with Gasteiger partial charge < -0.3 is 15.8 Å². The second-order valence-electron chi connectivity index (χ2n) is 4.67. The van der Waals surface area contributed by atoms with E-state index in [0.29, 0.717) is 25.2 Å². The maximum Gasteiger partial charge on any atom is 0.254 e. The van der Waals surface area contributed by atoms with Crippen molar-refractivity contribution in [3.8, 4) is 5.75 Å².